The number of nitrogen functional groups attached to an aromatic ring is 1. The first-order chi connectivity index (χ1) is 14.2. The van der Waals surface area contributed by atoms with Crippen molar-refractivity contribution in [3.8, 4) is 11.8 Å². The van der Waals surface area contributed by atoms with E-state index in [-0.39, 0.29) is 33.2 Å². The normalized spacial score (nSPS) is 11.6. The molecule has 152 valence electrons. The largest absolute Gasteiger partial charge is 0.383 e. The van der Waals surface area contributed by atoms with Gasteiger partial charge in [0.15, 0.2) is 0 Å². The minimum absolute atomic E-state index is 0.0351. The minimum atomic E-state index is -0.788. The van der Waals surface area contributed by atoms with Gasteiger partial charge in [0.05, 0.1) is 39.2 Å². The molecule has 11 heteroatoms. The standard InChI is InChI=1S/C19H15Cl2N7O2/c1-9(23)11-4-12(7-25-6-11)27-18(29)15-17(24)26-8-28(19(15)30)16-13(20)2-10(5-22)3-14(16)21/h2-4,6-9H,23-24H2,1H3,(H,27,29)/t9-/m0/s1. The Morgan fingerprint density at radius 3 is 2.53 bits per heavy atom. The van der Waals surface area contributed by atoms with Crippen LogP contribution in [-0.2, 0) is 0 Å². The number of nitrogens with two attached hydrogens (primary N) is 2. The Morgan fingerprint density at radius 2 is 1.93 bits per heavy atom. The van der Waals surface area contributed by atoms with E-state index >= 15 is 0 Å². The minimum Gasteiger partial charge on any atom is -0.383 e. The lowest BCUT2D eigenvalue weighted by Gasteiger charge is -2.13. The molecule has 0 aliphatic carbocycles. The summed E-state index contributed by atoms with van der Waals surface area (Å²) < 4.78 is 0.994. The predicted molar refractivity (Wildman–Crippen MR) is 114 cm³/mol. The molecule has 0 radical (unpaired) electrons. The van der Waals surface area contributed by atoms with Crippen molar-refractivity contribution in [1.82, 2.24) is 14.5 Å². The highest BCUT2D eigenvalue weighted by Crippen LogP contribution is 2.29. The van der Waals surface area contributed by atoms with Crippen LogP contribution in [0, 0.1) is 11.3 Å². The van der Waals surface area contributed by atoms with Crippen molar-refractivity contribution in [2.75, 3.05) is 11.1 Å². The summed E-state index contributed by atoms with van der Waals surface area (Å²) in [4.78, 5) is 33.7. The number of halogens is 2. The van der Waals surface area contributed by atoms with Crippen LogP contribution in [0.15, 0.2) is 41.7 Å². The first-order valence-corrected chi connectivity index (χ1v) is 9.27. The molecule has 0 bridgehead atoms. The number of rotatable bonds is 4. The number of benzene rings is 1. The lowest BCUT2D eigenvalue weighted by atomic mass is 10.1. The van der Waals surface area contributed by atoms with Crippen LogP contribution in [0.25, 0.3) is 5.69 Å². The fourth-order valence-corrected chi connectivity index (χ4v) is 3.34. The van der Waals surface area contributed by atoms with Crippen molar-refractivity contribution in [3.63, 3.8) is 0 Å². The van der Waals surface area contributed by atoms with Crippen LogP contribution < -0.4 is 22.3 Å². The maximum atomic E-state index is 13.0. The monoisotopic (exact) mass is 443 g/mol. The Bertz CT molecular complexity index is 1230. The van der Waals surface area contributed by atoms with Crippen LogP contribution in [0.5, 0.6) is 0 Å². The molecule has 0 unspecified atom stereocenters. The van der Waals surface area contributed by atoms with Crippen molar-refractivity contribution in [1.29, 1.82) is 5.26 Å². The van der Waals surface area contributed by atoms with Crippen molar-refractivity contribution < 1.29 is 4.79 Å². The number of nitrogens with zero attached hydrogens (tertiary/aromatic N) is 4. The van der Waals surface area contributed by atoms with E-state index in [4.69, 9.17) is 39.9 Å². The van der Waals surface area contributed by atoms with Gasteiger partial charge in [0.2, 0.25) is 0 Å². The molecule has 2 aromatic heterocycles. The number of hydrogen-bond acceptors (Lipinski definition) is 7. The third-order valence-corrected chi connectivity index (χ3v) is 4.73. The first kappa shape index (κ1) is 21.3. The molecule has 3 rings (SSSR count). The Labute approximate surface area is 180 Å². The Hall–Kier alpha value is -3.45. The summed E-state index contributed by atoms with van der Waals surface area (Å²) in [6.07, 6.45) is 4.08. The number of nitriles is 1. The van der Waals surface area contributed by atoms with Gasteiger partial charge in [0.1, 0.15) is 17.7 Å². The van der Waals surface area contributed by atoms with Gasteiger partial charge < -0.3 is 16.8 Å². The number of pyridine rings is 1. The van der Waals surface area contributed by atoms with Gasteiger partial charge in [-0.3, -0.25) is 19.1 Å². The second-order valence-corrected chi connectivity index (χ2v) is 7.14. The highest BCUT2D eigenvalue weighted by Gasteiger charge is 2.21. The fourth-order valence-electron chi connectivity index (χ4n) is 2.67. The van der Waals surface area contributed by atoms with E-state index in [1.54, 1.807) is 19.2 Å². The summed E-state index contributed by atoms with van der Waals surface area (Å²) in [5.74, 6) is -1.06. The van der Waals surface area contributed by atoms with Crippen LogP contribution in [0.4, 0.5) is 11.5 Å². The van der Waals surface area contributed by atoms with Gasteiger partial charge in [-0.15, -0.1) is 0 Å². The maximum Gasteiger partial charge on any atom is 0.273 e. The molecule has 0 saturated carbocycles. The molecule has 30 heavy (non-hydrogen) atoms. The van der Waals surface area contributed by atoms with Crippen LogP contribution in [0.3, 0.4) is 0 Å². The van der Waals surface area contributed by atoms with Gasteiger partial charge >= 0.3 is 0 Å². The van der Waals surface area contributed by atoms with Gasteiger partial charge in [-0.05, 0) is 30.7 Å². The van der Waals surface area contributed by atoms with Crippen LogP contribution >= 0.6 is 23.2 Å². The second-order valence-electron chi connectivity index (χ2n) is 6.33. The molecule has 1 aromatic carbocycles. The van der Waals surface area contributed by atoms with Gasteiger partial charge in [-0.2, -0.15) is 5.26 Å². The smallest absolute Gasteiger partial charge is 0.273 e. The Kier molecular flexibility index (Phi) is 6.03. The van der Waals surface area contributed by atoms with E-state index in [2.05, 4.69) is 15.3 Å². The molecule has 0 fully saturated rings. The van der Waals surface area contributed by atoms with E-state index in [0.29, 0.717) is 11.3 Å². The number of carbonyl (C=O) groups is 1. The van der Waals surface area contributed by atoms with Crippen molar-refractivity contribution in [2.45, 2.75) is 13.0 Å². The molecule has 1 atom stereocenters. The lowest BCUT2D eigenvalue weighted by molar-refractivity contribution is 0.102. The highest BCUT2D eigenvalue weighted by molar-refractivity contribution is 6.38. The first-order valence-electron chi connectivity index (χ1n) is 8.51. The maximum absolute atomic E-state index is 13.0. The van der Waals surface area contributed by atoms with Gasteiger partial charge in [0, 0.05) is 12.2 Å². The molecule has 1 amide bonds. The zero-order valence-electron chi connectivity index (χ0n) is 15.6. The molecule has 0 spiro atoms. The molecule has 5 N–H and O–H groups in total. The van der Waals surface area contributed by atoms with E-state index in [0.717, 1.165) is 10.9 Å². The molecule has 0 aliphatic heterocycles. The number of hydrogen-bond donors (Lipinski definition) is 3. The summed E-state index contributed by atoms with van der Waals surface area (Å²) in [6, 6.07) is 5.94. The van der Waals surface area contributed by atoms with Crippen molar-refractivity contribution in [2.24, 2.45) is 5.73 Å². The van der Waals surface area contributed by atoms with Gasteiger partial charge in [0.25, 0.3) is 11.5 Å². The Balaban J connectivity index is 2.06. The number of carbonyl (C=O) groups excluding carboxylic acids is 1. The average Bonchev–Trinajstić information content (AvgIpc) is 2.69. The molecular weight excluding hydrogens is 429 g/mol. The number of anilines is 2. The predicted octanol–water partition coefficient (Wildman–Crippen LogP) is 2.66. The average molecular weight is 444 g/mol. The van der Waals surface area contributed by atoms with Crippen LogP contribution in [0.1, 0.15) is 34.5 Å². The van der Waals surface area contributed by atoms with Crippen LogP contribution in [-0.4, -0.2) is 20.4 Å². The highest BCUT2D eigenvalue weighted by atomic mass is 35.5. The number of nitrogens with one attached hydrogen (secondary N) is 1. The molecule has 0 saturated heterocycles. The van der Waals surface area contributed by atoms with Crippen molar-refractivity contribution in [3.05, 3.63) is 74.0 Å². The zero-order valence-corrected chi connectivity index (χ0v) is 17.1. The fraction of sp³-hybridized carbons (Fsp3) is 0.105. The zero-order chi connectivity index (χ0) is 22.0. The molecule has 9 nitrogen and oxygen atoms in total. The molecule has 3 aromatic rings. The molecule has 2 heterocycles. The van der Waals surface area contributed by atoms with E-state index in [9.17, 15) is 9.59 Å². The SMILES string of the molecule is C[C@H](N)c1cncc(NC(=O)c2c(N)ncn(-c3c(Cl)cc(C#N)cc3Cl)c2=O)c1. The summed E-state index contributed by atoms with van der Waals surface area (Å²) >= 11 is 12.4. The molecular formula is C19H15Cl2N7O2. The van der Waals surface area contributed by atoms with E-state index < -0.39 is 17.0 Å². The van der Waals surface area contributed by atoms with E-state index in [1.807, 2.05) is 6.07 Å². The summed E-state index contributed by atoms with van der Waals surface area (Å²) in [7, 11) is 0. The second kappa shape index (κ2) is 8.51. The number of aromatic nitrogens is 3. The summed E-state index contributed by atoms with van der Waals surface area (Å²) in [5, 5.41) is 11.7. The third kappa shape index (κ3) is 4.11. The van der Waals surface area contributed by atoms with Crippen molar-refractivity contribution >= 4 is 40.6 Å². The lowest BCUT2D eigenvalue weighted by Crippen LogP contribution is -2.31. The van der Waals surface area contributed by atoms with E-state index in [1.165, 1.54) is 18.3 Å². The Morgan fingerprint density at radius 1 is 1.27 bits per heavy atom. The summed E-state index contributed by atoms with van der Waals surface area (Å²) in [6.45, 7) is 1.77. The number of amides is 1. The molecule has 0 aliphatic rings. The quantitative estimate of drug-likeness (QED) is 0.559. The summed E-state index contributed by atoms with van der Waals surface area (Å²) in [5.41, 5.74) is 11.7. The third-order valence-electron chi connectivity index (χ3n) is 4.16. The van der Waals surface area contributed by atoms with Gasteiger partial charge in [-0.1, -0.05) is 23.2 Å². The van der Waals surface area contributed by atoms with Gasteiger partial charge in [-0.25, -0.2) is 4.98 Å². The van der Waals surface area contributed by atoms with Crippen LogP contribution in [0.2, 0.25) is 10.0 Å². The topological polar surface area (TPSA) is 153 Å².